The van der Waals surface area contributed by atoms with E-state index in [1.54, 1.807) is 31.4 Å². The Morgan fingerprint density at radius 1 is 1.25 bits per heavy atom. The molecule has 3 rings (SSSR count). The highest BCUT2D eigenvalue weighted by atomic mass is 35.5. The van der Waals surface area contributed by atoms with Crippen LogP contribution in [0.4, 0.5) is 17.3 Å². The molecule has 0 aliphatic heterocycles. The maximum Gasteiger partial charge on any atom is 0.180 e. The van der Waals surface area contributed by atoms with Gasteiger partial charge in [-0.3, -0.25) is 0 Å². The molecule has 1 aromatic carbocycles. The highest BCUT2D eigenvalue weighted by Gasteiger charge is 2.09. The van der Waals surface area contributed by atoms with E-state index in [9.17, 15) is 0 Å². The van der Waals surface area contributed by atoms with Crippen LogP contribution < -0.4 is 10.6 Å². The van der Waals surface area contributed by atoms with E-state index >= 15 is 0 Å². The van der Waals surface area contributed by atoms with Gasteiger partial charge in [-0.15, -0.1) is 0 Å². The molecule has 0 spiro atoms. The number of nitrogens with one attached hydrogen (secondary N) is 2. The van der Waals surface area contributed by atoms with Crippen molar-refractivity contribution in [1.29, 1.82) is 0 Å². The van der Waals surface area contributed by atoms with E-state index < -0.39 is 0 Å². The molecule has 2 heterocycles. The quantitative estimate of drug-likeness (QED) is 0.772. The van der Waals surface area contributed by atoms with Gasteiger partial charge in [-0.05, 0) is 18.2 Å². The Bertz CT molecular complexity index is 769. The molecular formula is C13H11Cl2N5. The molecule has 0 aliphatic rings. The number of imidazole rings is 1. The molecule has 0 unspecified atom stereocenters. The van der Waals surface area contributed by atoms with E-state index in [-0.39, 0.29) is 0 Å². The first-order valence-electron chi connectivity index (χ1n) is 5.91. The molecule has 20 heavy (non-hydrogen) atoms. The molecule has 0 saturated heterocycles. The summed E-state index contributed by atoms with van der Waals surface area (Å²) in [4.78, 5) is 8.73. The summed E-state index contributed by atoms with van der Waals surface area (Å²) >= 11 is 12.1. The number of rotatable bonds is 3. The van der Waals surface area contributed by atoms with Gasteiger partial charge >= 0.3 is 0 Å². The highest BCUT2D eigenvalue weighted by molar-refractivity contribution is 6.35. The second kappa shape index (κ2) is 5.19. The smallest absolute Gasteiger partial charge is 0.180 e. The van der Waals surface area contributed by atoms with Crippen LogP contribution in [0.15, 0.2) is 36.8 Å². The first kappa shape index (κ1) is 13.0. The van der Waals surface area contributed by atoms with Gasteiger partial charge in [-0.25, -0.2) is 9.97 Å². The van der Waals surface area contributed by atoms with Crippen molar-refractivity contribution in [3.05, 3.63) is 46.8 Å². The Morgan fingerprint density at radius 3 is 2.90 bits per heavy atom. The van der Waals surface area contributed by atoms with Crippen molar-refractivity contribution in [2.24, 2.45) is 0 Å². The topological polar surface area (TPSA) is 54.2 Å². The van der Waals surface area contributed by atoms with E-state index in [1.807, 2.05) is 16.8 Å². The molecule has 5 nitrogen and oxygen atoms in total. The van der Waals surface area contributed by atoms with Crippen molar-refractivity contribution in [2.75, 3.05) is 17.7 Å². The average Bonchev–Trinajstić information content (AvgIpc) is 2.91. The molecule has 3 aromatic rings. The highest BCUT2D eigenvalue weighted by Crippen LogP contribution is 2.29. The Hall–Kier alpha value is -1.98. The molecule has 0 saturated carbocycles. The number of benzene rings is 1. The lowest BCUT2D eigenvalue weighted by atomic mass is 10.3. The van der Waals surface area contributed by atoms with Crippen LogP contribution in [-0.4, -0.2) is 21.4 Å². The van der Waals surface area contributed by atoms with E-state index in [0.29, 0.717) is 27.2 Å². The van der Waals surface area contributed by atoms with Gasteiger partial charge in [-0.2, -0.15) is 0 Å². The lowest BCUT2D eigenvalue weighted by Gasteiger charge is -2.11. The molecule has 2 N–H and O–H groups in total. The number of fused-ring (bicyclic) bond motifs is 1. The Balaban J connectivity index is 2.09. The molecule has 2 aromatic heterocycles. The largest absolute Gasteiger partial charge is 0.372 e. The maximum absolute atomic E-state index is 6.15. The van der Waals surface area contributed by atoms with Gasteiger partial charge in [-0.1, -0.05) is 23.2 Å². The maximum atomic E-state index is 6.15. The van der Waals surface area contributed by atoms with Gasteiger partial charge in [0.1, 0.15) is 5.82 Å². The zero-order chi connectivity index (χ0) is 14.1. The molecule has 7 heteroatoms. The normalized spacial score (nSPS) is 10.8. The summed E-state index contributed by atoms with van der Waals surface area (Å²) in [7, 11) is 1.81. The van der Waals surface area contributed by atoms with Gasteiger partial charge in [0.05, 0.1) is 16.9 Å². The molecule has 0 radical (unpaired) electrons. The van der Waals surface area contributed by atoms with E-state index in [1.165, 1.54) is 0 Å². The summed E-state index contributed by atoms with van der Waals surface area (Å²) < 4.78 is 1.87. The van der Waals surface area contributed by atoms with Crippen LogP contribution in [0.3, 0.4) is 0 Å². The first-order valence-corrected chi connectivity index (χ1v) is 6.66. The number of aromatic nitrogens is 3. The van der Waals surface area contributed by atoms with Crippen LogP contribution in [0, 0.1) is 0 Å². The second-order valence-electron chi connectivity index (χ2n) is 4.13. The van der Waals surface area contributed by atoms with Gasteiger partial charge < -0.3 is 15.0 Å². The monoisotopic (exact) mass is 307 g/mol. The molecular weight excluding hydrogens is 297 g/mol. The summed E-state index contributed by atoms with van der Waals surface area (Å²) in [5.74, 6) is 1.32. The molecule has 0 atom stereocenters. The molecule has 0 amide bonds. The third kappa shape index (κ3) is 2.37. The van der Waals surface area contributed by atoms with Crippen LogP contribution in [-0.2, 0) is 0 Å². The summed E-state index contributed by atoms with van der Waals surface area (Å²) in [6.07, 6.45) is 5.41. The average molecular weight is 308 g/mol. The summed E-state index contributed by atoms with van der Waals surface area (Å²) in [6.45, 7) is 0. The minimum Gasteiger partial charge on any atom is -0.372 e. The summed E-state index contributed by atoms with van der Waals surface area (Å²) in [6, 6.07) is 5.21. The Morgan fingerprint density at radius 2 is 2.10 bits per heavy atom. The fourth-order valence-corrected chi connectivity index (χ4v) is 2.19. The third-order valence-electron chi connectivity index (χ3n) is 2.81. The van der Waals surface area contributed by atoms with Crippen molar-refractivity contribution >= 4 is 46.2 Å². The van der Waals surface area contributed by atoms with Crippen LogP contribution in [0.5, 0.6) is 0 Å². The molecule has 0 fully saturated rings. The van der Waals surface area contributed by atoms with Crippen molar-refractivity contribution in [3.63, 3.8) is 0 Å². The predicted octanol–water partition coefficient (Wildman–Crippen LogP) is 3.82. The van der Waals surface area contributed by atoms with Crippen molar-refractivity contribution in [2.45, 2.75) is 0 Å². The minimum absolute atomic E-state index is 0.566. The third-order valence-corrected chi connectivity index (χ3v) is 3.38. The van der Waals surface area contributed by atoms with Crippen LogP contribution in [0.1, 0.15) is 0 Å². The van der Waals surface area contributed by atoms with E-state index in [4.69, 9.17) is 23.2 Å². The molecule has 0 aliphatic carbocycles. The zero-order valence-corrected chi connectivity index (χ0v) is 12.1. The van der Waals surface area contributed by atoms with Crippen LogP contribution in [0.2, 0.25) is 10.0 Å². The number of nitrogens with zero attached hydrogens (tertiary/aromatic N) is 3. The lowest BCUT2D eigenvalue weighted by molar-refractivity contribution is 1.12. The van der Waals surface area contributed by atoms with Gasteiger partial charge in [0.2, 0.25) is 0 Å². The van der Waals surface area contributed by atoms with Gasteiger partial charge in [0.25, 0.3) is 0 Å². The van der Waals surface area contributed by atoms with E-state index in [2.05, 4.69) is 20.6 Å². The fraction of sp³-hybridized carbons (Fsp3) is 0.0769. The Kier molecular flexibility index (Phi) is 3.38. The predicted molar refractivity (Wildman–Crippen MR) is 82.3 cm³/mol. The van der Waals surface area contributed by atoms with Gasteiger partial charge in [0, 0.05) is 24.5 Å². The first-order chi connectivity index (χ1) is 9.67. The van der Waals surface area contributed by atoms with E-state index in [0.717, 1.165) is 5.82 Å². The SMILES string of the molecule is CNc1cn2ccnc2c(Nc2cc(Cl)ccc2Cl)n1. The fourth-order valence-electron chi connectivity index (χ4n) is 1.86. The van der Waals surface area contributed by atoms with Crippen molar-refractivity contribution < 1.29 is 0 Å². The Labute approximate surface area is 125 Å². The van der Waals surface area contributed by atoms with Crippen LogP contribution >= 0.6 is 23.2 Å². The van der Waals surface area contributed by atoms with Gasteiger partial charge in [0.15, 0.2) is 11.5 Å². The number of hydrogen-bond donors (Lipinski definition) is 2. The summed E-state index contributed by atoms with van der Waals surface area (Å²) in [5.41, 5.74) is 1.39. The lowest BCUT2D eigenvalue weighted by Crippen LogP contribution is -2.02. The number of anilines is 3. The van der Waals surface area contributed by atoms with Crippen molar-refractivity contribution in [3.8, 4) is 0 Å². The van der Waals surface area contributed by atoms with Crippen molar-refractivity contribution in [1.82, 2.24) is 14.4 Å². The number of halogens is 2. The standard InChI is InChI=1S/C13H11Cl2N5/c1-16-11-7-20-5-4-17-13(20)12(19-11)18-10-6-8(14)2-3-9(10)15/h2-7,16H,1H3,(H,18,19). The minimum atomic E-state index is 0.566. The molecule has 0 bridgehead atoms. The van der Waals surface area contributed by atoms with Crippen LogP contribution in [0.25, 0.3) is 5.65 Å². The molecule has 102 valence electrons. The number of hydrogen-bond acceptors (Lipinski definition) is 4. The summed E-state index contributed by atoms with van der Waals surface area (Å²) in [5, 5.41) is 7.33. The zero-order valence-electron chi connectivity index (χ0n) is 10.6. The second-order valence-corrected chi connectivity index (χ2v) is 4.98.